The molecule has 14 heavy (non-hydrogen) atoms. The summed E-state index contributed by atoms with van der Waals surface area (Å²) in [4.78, 5) is 8.36. The highest BCUT2D eigenvalue weighted by Gasteiger charge is 2.21. The summed E-state index contributed by atoms with van der Waals surface area (Å²) in [6.45, 7) is 4.24. The van der Waals surface area contributed by atoms with E-state index in [-0.39, 0.29) is 18.6 Å². The molecule has 0 spiro atoms. The van der Waals surface area contributed by atoms with E-state index in [2.05, 4.69) is 13.8 Å². The molecule has 86 valence electrons. The summed E-state index contributed by atoms with van der Waals surface area (Å²) in [5, 5.41) is 15.7. The molecular weight excluding hydrogens is 182 g/mol. The van der Waals surface area contributed by atoms with Gasteiger partial charge in [0.05, 0.1) is 0 Å². The summed E-state index contributed by atoms with van der Waals surface area (Å²) in [6, 6.07) is 0. The fourth-order valence-electron chi connectivity index (χ4n) is 1.59. The number of nitrogens with two attached hydrogens (primary N) is 1. The van der Waals surface area contributed by atoms with Crippen molar-refractivity contribution in [3.63, 3.8) is 0 Å². The van der Waals surface area contributed by atoms with Gasteiger partial charge in [0.2, 0.25) is 0 Å². The quantitative estimate of drug-likeness (QED) is 0.572. The molecule has 0 fully saturated rings. The van der Waals surface area contributed by atoms with Crippen LogP contribution < -0.4 is 5.73 Å². The van der Waals surface area contributed by atoms with Crippen LogP contribution in [-0.2, 0) is 4.79 Å². The molecule has 0 saturated carbocycles. The predicted molar refractivity (Wildman–Crippen MR) is 57.1 cm³/mol. The molecule has 0 bridgehead atoms. The maximum absolute atomic E-state index is 8.78. The second-order valence-corrected chi connectivity index (χ2v) is 3.44. The van der Waals surface area contributed by atoms with Crippen LogP contribution >= 0.6 is 0 Å². The highest BCUT2D eigenvalue weighted by Crippen LogP contribution is 2.19. The first-order chi connectivity index (χ1) is 6.60. The molecule has 0 atom stereocenters. The minimum Gasteiger partial charge on any atom is -0.483 e. The van der Waals surface area contributed by atoms with Gasteiger partial charge in [0, 0.05) is 12.1 Å². The van der Waals surface area contributed by atoms with E-state index < -0.39 is 0 Å². The van der Waals surface area contributed by atoms with Gasteiger partial charge in [0.1, 0.15) is 0 Å². The lowest BCUT2D eigenvalue weighted by atomic mass is 9.87. The Morgan fingerprint density at radius 1 is 1.21 bits per heavy atom. The van der Waals surface area contributed by atoms with Gasteiger partial charge in [-0.15, -0.1) is 0 Å². The fraction of sp³-hybridized carbons (Fsp3) is 0.900. The zero-order valence-electron chi connectivity index (χ0n) is 9.20. The molecule has 0 rings (SSSR count). The Morgan fingerprint density at radius 3 is 1.79 bits per heavy atom. The SMILES string of the molecule is CCCC(N)(CCC)CCO.O=CO. The normalized spacial score (nSPS) is 10.3. The van der Waals surface area contributed by atoms with Crippen molar-refractivity contribution in [1.29, 1.82) is 0 Å². The van der Waals surface area contributed by atoms with Gasteiger partial charge in [-0.05, 0) is 19.3 Å². The van der Waals surface area contributed by atoms with Crippen molar-refractivity contribution in [2.24, 2.45) is 5.73 Å². The topological polar surface area (TPSA) is 83.5 Å². The number of carboxylic acid groups (broad SMARTS) is 1. The van der Waals surface area contributed by atoms with E-state index in [0.717, 1.165) is 32.1 Å². The van der Waals surface area contributed by atoms with E-state index in [1.54, 1.807) is 0 Å². The molecule has 0 unspecified atom stereocenters. The summed E-state index contributed by atoms with van der Waals surface area (Å²) in [5.41, 5.74) is 5.97. The monoisotopic (exact) mass is 205 g/mol. The second kappa shape index (κ2) is 10.5. The minimum absolute atomic E-state index is 0.0990. The van der Waals surface area contributed by atoms with Gasteiger partial charge in [-0.3, -0.25) is 4.79 Å². The largest absolute Gasteiger partial charge is 0.483 e. The van der Waals surface area contributed by atoms with Gasteiger partial charge in [-0.2, -0.15) is 0 Å². The number of hydrogen-bond donors (Lipinski definition) is 3. The predicted octanol–water partition coefficient (Wildman–Crippen LogP) is 1.37. The number of hydrogen-bond acceptors (Lipinski definition) is 3. The average molecular weight is 205 g/mol. The van der Waals surface area contributed by atoms with Crippen LogP contribution in [0.25, 0.3) is 0 Å². The number of aliphatic hydroxyl groups excluding tert-OH is 1. The van der Waals surface area contributed by atoms with Crippen LogP contribution in [0.15, 0.2) is 0 Å². The van der Waals surface area contributed by atoms with E-state index in [0.29, 0.717) is 0 Å². The van der Waals surface area contributed by atoms with Crippen molar-refractivity contribution in [1.82, 2.24) is 0 Å². The van der Waals surface area contributed by atoms with Gasteiger partial charge in [-0.1, -0.05) is 26.7 Å². The first-order valence-corrected chi connectivity index (χ1v) is 5.07. The molecule has 0 aliphatic heterocycles. The Bertz CT molecular complexity index is 112. The van der Waals surface area contributed by atoms with Crippen molar-refractivity contribution < 1.29 is 15.0 Å². The molecular formula is C10H23NO3. The summed E-state index contributed by atoms with van der Waals surface area (Å²) >= 11 is 0. The zero-order chi connectivity index (χ0) is 11.4. The van der Waals surface area contributed by atoms with Crippen LogP contribution in [0, 0.1) is 0 Å². The minimum atomic E-state index is -0.250. The van der Waals surface area contributed by atoms with E-state index in [4.69, 9.17) is 20.7 Å². The van der Waals surface area contributed by atoms with Crippen molar-refractivity contribution in [2.45, 2.75) is 51.5 Å². The van der Waals surface area contributed by atoms with E-state index in [1.807, 2.05) is 0 Å². The number of rotatable bonds is 6. The molecule has 0 amide bonds. The molecule has 0 heterocycles. The van der Waals surface area contributed by atoms with E-state index in [1.165, 1.54) is 0 Å². The smallest absolute Gasteiger partial charge is 0.290 e. The summed E-state index contributed by atoms with van der Waals surface area (Å²) in [5.74, 6) is 0. The standard InChI is InChI=1S/C9H21NO.CH2O2/c1-3-5-9(10,6-4-2)7-8-11;2-1-3/h11H,3-8,10H2,1-2H3;1H,(H,2,3). The Morgan fingerprint density at radius 2 is 1.57 bits per heavy atom. The lowest BCUT2D eigenvalue weighted by Crippen LogP contribution is -2.40. The molecule has 0 aromatic rings. The lowest BCUT2D eigenvalue weighted by molar-refractivity contribution is -0.122. The molecule has 0 aliphatic carbocycles. The van der Waals surface area contributed by atoms with E-state index >= 15 is 0 Å². The molecule has 0 aliphatic rings. The number of aliphatic hydroxyl groups is 1. The van der Waals surface area contributed by atoms with Crippen LogP contribution in [-0.4, -0.2) is 28.8 Å². The van der Waals surface area contributed by atoms with Crippen LogP contribution in [0.3, 0.4) is 0 Å². The Kier molecular flexibility index (Phi) is 11.9. The van der Waals surface area contributed by atoms with Gasteiger partial charge in [0.25, 0.3) is 6.47 Å². The molecule has 0 saturated heterocycles. The molecule has 4 N–H and O–H groups in total. The van der Waals surface area contributed by atoms with Crippen molar-refractivity contribution in [3.05, 3.63) is 0 Å². The third kappa shape index (κ3) is 9.48. The summed E-state index contributed by atoms with van der Waals surface area (Å²) in [7, 11) is 0. The van der Waals surface area contributed by atoms with Crippen molar-refractivity contribution >= 4 is 6.47 Å². The van der Waals surface area contributed by atoms with Gasteiger partial charge in [0.15, 0.2) is 0 Å². The summed E-state index contributed by atoms with van der Waals surface area (Å²) < 4.78 is 0. The first-order valence-electron chi connectivity index (χ1n) is 5.07. The van der Waals surface area contributed by atoms with Gasteiger partial charge < -0.3 is 15.9 Å². The van der Waals surface area contributed by atoms with Crippen LogP contribution in [0.1, 0.15) is 46.0 Å². The molecule has 4 nitrogen and oxygen atoms in total. The highest BCUT2D eigenvalue weighted by atomic mass is 16.3. The maximum Gasteiger partial charge on any atom is 0.290 e. The highest BCUT2D eigenvalue weighted by molar-refractivity contribution is 5.32. The van der Waals surface area contributed by atoms with Crippen molar-refractivity contribution in [2.75, 3.05) is 6.61 Å². The maximum atomic E-state index is 8.78. The van der Waals surface area contributed by atoms with Gasteiger partial charge >= 0.3 is 0 Å². The molecule has 4 heteroatoms. The fourth-order valence-corrected chi connectivity index (χ4v) is 1.59. The van der Waals surface area contributed by atoms with Crippen LogP contribution in [0.5, 0.6) is 0 Å². The Hall–Kier alpha value is -0.610. The van der Waals surface area contributed by atoms with E-state index in [9.17, 15) is 0 Å². The van der Waals surface area contributed by atoms with Crippen LogP contribution in [0.2, 0.25) is 0 Å². The number of carbonyl (C=O) groups is 1. The van der Waals surface area contributed by atoms with Crippen molar-refractivity contribution in [3.8, 4) is 0 Å². The average Bonchev–Trinajstić information content (AvgIpc) is 2.06. The molecule has 0 aromatic heterocycles. The molecule has 0 radical (unpaired) electrons. The third-order valence-electron chi connectivity index (χ3n) is 2.11. The second-order valence-electron chi connectivity index (χ2n) is 3.44. The Labute approximate surface area is 86.1 Å². The first kappa shape index (κ1) is 15.8. The zero-order valence-corrected chi connectivity index (χ0v) is 9.20. The molecule has 0 aromatic carbocycles. The Balaban J connectivity index is 0. The third-order valence-corrected chi connectivity index (χ3v) is 2.11. The van der Waals surface area contributed by atoms with Gasteiger partial charge in [-0.25, -0.2) is 0 Å². The summed E-state index contributed by atoms with van der Waals surface area (Å²) in [6.07, 6.45) is 5.02. The van der Waals surface area contributed by atoms with Crippen LogP contribution in [0.4, 0.5) is 0 Å². The lowest BCUT2D eigenvalue weighted by Gasteiger charge is -2.27.